The second-order valence-corrected chi connectivity index (χ2v) is 4.96. The summed E-state index contributed by atoms with van der Waals surface area (Å²) in [5, 5.41) is 3.13. The van der Waals surface area contributed by atoms with Crippen molar-refractivity contribution in [2.75, 3.05) is 26.7 Å². The lowest BCUT2D eigenvalue weighted by molar-refractivity contribution is 0.0666. The van der Waals surface area contributed by atoms with Crippen LogP contribution in [0, 0.1) is 0 Å². The highest BCUT2D eigenvalue weighted by Crippen LogP contribution is 2.09. The van der Waals surface area contributed by atoms with Crippen molar-refractivity contribution in [1.82, 2.24) is 15.2 Å². The Labute approximate surface area is 109 Å². The molecule has 100 valence electrons. The summed E-state index contributed by atoms with van der Waals surface area (Å²) < 4.78 is 5.65. The molecule has 0 radical (unpaired) electrons. The Morgan fingerprint density at radius 2 is 2.39 bits per heavy atom. The maximum absolute atomic E-state index is 5.65. The highest BCUT2D eigenvalue weighted by molar-refractivity contribution is 5.13. The molecule has 2 heterocycles. The Morgan fingerprint density at radius 3 is 3.11 bits per heavy atom. The summed E-state index contributed by atoms with van der Waals surface area (Å²) in [7, 11) is 1.95. The summed E-state index contributed by atoms with van der Waals surface area (Å²) in [6, 6.07) is 4.28. The smallest absolute Gasteiger partial charge is 0.0674 e. The molecule has 0 aromatic carbocycles. The second-order valence-electron chi connectivity index (χ2n) is 4.96. The van der Waals surface area contributed by atoms with Crippen LogP contribution in [0.4, 0.5) is 0 Å². The standard InChI is InChI=1S/C14H23N3O/c1-12-10-17(6-3-7-18-12)11-14-5-4-13(8-15-2)9-16-14/h4-5,9,12,15H,3,6-8,10-11H2,1-2H3. The van der Waals surface area contributed by atoms with E-state index in [4.69, 9.17) is 4.74 Å². The Kier molecular flexibility index (Phi) is 5.11. The second kappa shape index (κ2) is 6.83. The topological polar surface area (TPSA) is 37.4 Å². The molecule has 0 aliphatic carbocycles. The number of hydrogen-bond donors (Lipinski definition) is 1. The van der Waals surface area contributed by atoms with Crippen molar-refractivity contribution < 1.29 is 4.74 Å². The van der Waals surface area contributed by atoms with E-state index in [-0.39, 0.29) is 0 Å². The molecule has 4 heteroatoms. The van der Waals surface area contributed by atoms with Crippen LogP contribution >= 0.6 is 0 Å². The molecule has 1 aromatic heterocycles. The van der Waals surface area contributed by atoms with Crippen molar-refractivity contribution in [3.8, 4) is 0 Å². The molecule has 1 unspecified atom stereocenters. The monoisotopic (exact) mass is 249 g/mol. The summed E-state index contributed by atoms with van der Waals surface area (Å²) >= 11 is 0. The third kappa shape index (κ3) is 4.05. The van der Waals surface area contributed by atoms with Crippen molar-refractivity contribution in [3.63, 3.8) is 0 Å². The Morgan fingerprint density at radius 1 is 1.50 bits per heavy atom. The van der Waals surface area contributed by atoms with Crippen LogP contribution in [-0.4, -0.2) is 42.7 Å². The van der Waals surface area contributed by atoms with Gasteiger partial charge in [-0.3, -0.25) is 9.88 Å². The van der Waals surface area contributed by atoms with Gasteiger partial charge in [0.1, 0.15) is 0 Å². The fourth-order valence-corrected chi connectivity index (χ4v) is 2.31. The fourth-order valence-electron chi connectivity index (χ4n) is 2.31. The fraction of sp³-hybridized carbons (Fsp3) is 0.643. The minimum absolute atomic E-state index is 0.330. The third-order valence-electron chi connectivity index (χ3n) is 3.19. The van der Waals surface area contributed by atoms with Gasteiger partial charge >= 0.3 is 0 Å². The quantitative estimate of drug-likeness (QED) is 0.875. The van der Waals surface area contributed by atoms with Crippen LogP contribution in [-0.2, 0) is 17.8 Å². The Balaban J connectivity index is 1.91. The van der Waals surface area contributed by atoms with Crippen molar-refractivity contribution in [2.24, 2.45) is 0 Å². The van der Waals surface area contributed by atoms with Crippen LogP contribution in [0.5, 0.6) is 0 Å². The molecule has 0 spiro atoms. The first-order valence-electron chi connectivity index (χ1n) is 6.70. The molecule has 1 aliphatic rings. The number of rotatable bonds is 4. The molecule has 1 aliphatic heterocycles. The van der Waals surface area contributed by atoms with Crippen LogP contribution in [0.3, 0.4) is 0 Å². The lowest BCUT2D eigenvalue weighted by atomic mass is 10.2. The molecular formula is C14H23N3O. The molecule has 2 rings (SSSR count). The molecular weight excluding hydrogens is 226 g/mol. The molecule has 0 saturated carbocycles. The van der Waals surface area contributed by atoms with Crippen LogP contribution in [0.2, 0.25) is 0 Å². The molecule has 1 atom stereocenters. The minimum atomic E-state index is 0.330. The molecule has 1 saturated heterocycles. The zero-order valence-corrected chi connectivity index (χ0v) is 11.4. The van der Waals surface area contributed by atoms with E-state index in [1.54, 1.807) is 0 Å². The molecule has 0 bridgehead atoms. The number of aromatic nitrogens is 1. The summed E-state index contributed by atoms with van der Waals surface area (Å²) in [6.45, 7) is 6.92. The van der Waals surface area contributed by atoms with E-state index in [2.05, 4.69) is 34.3 Å². The Hall–Kier alpha value is -0.970. The van der Waals surface area contributed by atoms with E-state index in [0.29, 0.717) is 6.10 Å². The predicted molar refractivity (Wildman–Crippen MR) is 72.3 cm³/mol. The first kappa shape index (κ1) is 13.5. The zero-order chi connectivity index (χ0) is 12.8. The largest absolute Gasteiger partial charge is 0.377 e. The highest BCUT2D eigenvalue weighted by atomic mass is 16.5. The van der Waals surface area contributed by atoms with Crippen molar-refractivity contribution in [3.05, 3.63) is 29.6 Å². The van der Waals surface area contributed by atoms with Crippen molar-refractivity contribution in [2.45, 2.75) is 32.5 Å². The van der Waals surface area contributed by atoms with Gasteiger partial charge in [0.05, 0.1) is 11.8 Å². The highest BCUT2D eigenvalue weighted by Gasteiger charge is 2.15. The number of nitrogens with zero attached hydrogens (tertiary/aromatic N) is 2. The lowest BCUT2D eigenvalue weighted by Gasteiger charge is -2.21. The van der Waals surface area contributed by atoms with Crippen LogP contribution in [0.25, 0.3) is 0 Å². The van der Waals surface area contributed by atoms with Crippen LogP contribution in [0.15, 0.2) is 18.3 Å². The van der Waals surface area contributed by atoms with Crippen molar-refractivity contribution >= 4 is 0 Å². The van der Waals surface area contributed by atoms with Gasteiger partial charge in [0.15, 0.2) is 0 Å². The number of hydrogen-bond acceptors (Lipinski definition) is 4. The molecule has 1 N–H and O–H groups in total. The van der Waals surface area contributed by atoms with Crippen LogP contribution in [0.1, 0.15) is 24.6 Å². The maximum Gasteiger partial charge on any atom is 0.0674 e. The summed E-state index contributed by atoms with van der Waals surface area (Å²) in [4.78, 5) is 6.95. The molecule has 4 nitrogen and oxygen atoms in total. The maximum atomic E-state index is 5.65. The molecule has 1 fully saturated rings. The van der Waals surface area contributed by atoms with Crippen molar-refractivity contribution in [1.29, 1.82) is 0 Å². The van der Waals surface area contributed by atoms with Gasteiger partial charge in [-0.25, -0.2) is 0 Å². The lowest BCUT2D eigenvalue weighted by Crippen LogP contribution is -2.30. The van der Waals surface area contributed by atoms with Gasteiger partial charge < -0.3 is 10.1 Å². The first-order chi connectivity index (χ1) is 8.78. The normalized spacial score (nSPS) is 21.8. The van der Waals surface area contributed by atoms with E-state index in [0.717, 1.165) is 44.9 Å². The summed E-state index contributed by atoms with van der Waals surface area (Å²) in [5.41, 5.74) is 2.37. The van der Waals surface area contributed by atoms with E-state index in [1.165, 1.54) is 5.56 Å². The summed E-state index contributed by atoms with van der Waals surface area (Å²) in [5.74, 6) is 0. The van der Waals surface area contributed by atoms with E-state index < -0.39 is 0 Å². The Bertz CT molecular complexity index is 353. The average Bonchev–Trinajstić information content (AvgIpc) is 2.56. The number of ether oxygens (including phenoxy) is 1. The van der Waals surface area contributed by atoms with Crippen LogP contribution < -0.4 is 5.32 Å². The van der Waals surface area contributed by atoms with E-state index in [9.17, 15) is 0 Å². The average molecular weight is 249 g/mol. The number of nitrogens with one attached hydrogen (secondary N) is 1. The van der Waals surface area contributed by atoms with Gasteiger partial charge in [-0.05, 0) is 32.0 Å². The first-order valence-corrected chi connectivity index (χ1v) is 6.70. The van der Waals surface area contributed by atoms with Gasteiger partial charge in [-0.15, -0.1) is 0 Å². The SMILES string of the molecule is CNCc1ccc(CN2CCCOC(C)C2)nc1. The van der Waals surface area contributed by atoms with E-state index in [1.807, 2.05) is 13.2 Å². The van der Waals surface area contributed by atoms with Gasteiger partial charge in [-0.2, -0.15) is 0 Å². The molecule has 18 heavy (non-hydrogen) atoms. The van der Waals surface area contributed by atoms with Gasteiger partial charge in [-0.1, -0.05) is 6.07 Å². The van der Waals surface area contributed by atoms with Gasteiger partial charge in [0.2, 0.25) is 0 Å². The number of pyridine rings is 1. The van der Waals surface area contributed by atoms with E-state index >= 15 is 0 Å². The zero-order valence-electron chi connectivity index (χ0n) is 11.4. The minimum Gasteiger partial charge on any atom is -0.377 e. The third-order valence-corrected chi connectivity index (χ3v) is 3.19. The van der Waals surface area contributed by atoms with Gasteiger partial charge in [0.25, 0.3) is 0 Å². The molecule has 0 amide bonds. The van der Waals surface area contributed by atoms with Gasteiger partial charge in [0, 0.05) is 39.0 Å². The predicted octanol–water partition coefficient (Wildman–Crippen LogP) is 1.41. The molecule has 1 aromatic rings. The summed E-state index contributed by atoms with van der Waals surface area (Å²) in [6.07, 6.45) is 3.40.